The van der Waals surface area contributed by atoms with Gasteiger partial charge in [0.1, 0.15) is 11.6 Å². The van der Waals surface area contributed by atoms with Gasteiger partial charge in [-0.15, -0.1) is 5.10 Å². The molecule has 3 N–H and O–H groups in total. The van der Waals surface area contributed by atoms with E-state index in [0.29, 0.717) is 16.8 Å². The summed E-state index contributed by atoms with van der Waals surface area (Å²) in [5.74, 6) is -0.427. The minimum absolute atomic E-state index is 0.0302. The van der Waals surface area contributed by atoms with Gasteiger partial charge < -0.3 is 10.5 Å². The minimum atomic E-state index is -4.62. The van der Waals surface area contributed by atoms with E-state index >= 15 is 0 Å². The number of hydrogen-bond acceptors (Lipinski definition) is 6. The Morgan fingerprint density at radius 2 is 1.94 bits per heavy atom. The summed E-state index contributed by atoms with van der Waals surface area (Å²) in [7, 11) is 0. The van der Waals surface area contributed by atoms with Gasteiger partial charge in [-0.1, -0.05) is 13.8 Å². The first kappa shape index (κ1) is 21.4. The molecule has 0 bridgehead atoms. The van der Waals surface area contributed by atoms with Crippen molar-refractivity contribution < 1.29 is 17.9 Å². The number of allylic oxidation sites excluding steroid dienone is 1. The van der Waals surface area contributed by atoms with Crippen LogP contribution in [-0.4, -0.2) is 20.4 Å². The van der Waals surface area contributed by atoms with Gasteiger partial charge in [0.15, 0.2) is 0 Å². The molecule has 32 heavy (non-hydrogen) atoms. The number of nitriles is 1. The number of nitrogens with one attached hydrogen (secondary N) is 1. The molecule has 0 spiro atoms. The average Bonchev–Trinajstić information content (AvgIpc) is 3.12. The fraction of sp³-hybridized carbons (Fsp3) is 0.273. The van der Waals surface area contributed by atoms with Crippen LogP contribution in [0.15, 0.2) is 48.1 Å². The van der Waals surface area contributed by atoms with Crippen molar-refractivity contribution in [1.82, 2.24) is 20.4 Å². The van der Waals surface area contributed by atoms with E-state index in [4.69, 9.17) is 10.5 Å². The molecule has 10 heteroatoms. The van der Waals surface area contributed by atoms with Crippen LogP contribution in [0.2, 0.25) is 0 Å². The molecule has 0 aliphatic carbocycles. The number of nitrogens with zero attached hydrogens (tertiary/aromatic N) is 4. The lowest BCUT2D eigenvalue weighted by atomic mass is 9.61. The van der Waals surface area contributed by atoms with Crippen LogP contribution in [0.25, 0.3) is 11.1 Å². The van der Waals surface area contributed by atoms with E-state index in [1.165, 1.54) is 12.4 Å². The van der Waals surface area contributed by atoms with Gasteiger partial charge in [-0.2, -0.15) is 28.6 Å². The first-order chi connectivity index (χ1) is 15.1. The molecule has 1 atom stereocenters. The molecule has 7 nitrogen and oxygen atoms in total. The highest BCUT2D eigenvalue weighted by Crippen LogP contribution is 2.53. The number of benzene rings is 1. The number of halogens is 3. The van der Waals surface area contributed by atoms with Gasteiger partial charge in [-0.3, -0.25) is 5.10 Å². The van der Waals surface area contributed by atoms with Gasteiger partial charge in [0.2, 0.25) is 11.8 Å². The minimum Gasteiger partial charge on any atom is -0.420 e. The van der Waals surface area contributed by atoms with E-state index in [9.17, 15) is 18.4 Å². The molecule has 1 unspecified atom stereocenters. The summed E-state index contributed by atoms with van der Waals surface area (Å²) >= 11 is 0. The van der Waals surface area contributed by atoms with Crippen LogP contribution in [0, 0.1) is 24.2 Å². The fourth-order valence-electron chi connectivity index (χ4n) is 4.41. The molecule has 4 rings (SSSR count). The van der Waals surface area contributed by atoms with E-state index in [1.807, 2.05) is 13.8 Å². The summed E-state index contributed by atoms with van der Waals surface area (Å²) in [5.41, 5.74) is 5.98. The number of hydrogen-bond donors (Lipinski definition) is 2. The van der Waals surface area contributed by atoms with Crippen molar-refractivity contribution in [2.24, 2.45) is 11.7 Å². The molecule has 2 aromatic heterocycles. The number of fused-ring (bicyclic) bond motifs is 1. The molecule has 0 saturated carbocycles. The van der Waals surface area contributed by atoms with Gasteiger partial charge in [0.25, 0.3) is 0 Å². The van der Waals surface area contributed by atoms with Crippen molar-refractivity contribution in [2.45, 2.75) is 32.4 Å². The second kappa shape index (κ2) is 7.37. The molecule has 1 aromatic carbocycles. The van der Waals surface area contributed by atoms with E-state index in [1.54, 1.807) is 19.1 Å². The number of rotatable bonds is 3. The zero-order chi connectivity index (χ0) is 23.3. The Morgan fingerprint density at radius 1 is 1.19 bits per heavy atom. The van der Waals surface area contributed by atoms with Crippen LogP contribution >= 0.6 is 0 Å². The lowest BCUT2D eigenvalue weighted by Gasteiger charge is -2.41. The smallest absolute Gasteiger partial charge is 0.416 e. The highest BCUT2D eigenvalue weighted by atomic mass is 19.4. The second-order valence-corrected chi connectivity index (χ2v) is 7.87. The topological polar surface area (TPSA) is 114 Å². The van der Waals surface area contributed by atoms with Crippen molar-refractivity contribution in [1.29, 1.82) is 5.26 Å². The molecule has 0 fully saturated rings. The molecule has 0 amide bonds. The van der Waals surface area contributed by atoms with Gasteiger partial charge in [-0.05, 0) is 48.2 Å². The lowest BCUT2D eigenvalue weighted by Crippen LogP contribution is -2.41. The van der Waals surface area contributed by atoms with Gasteiger partial charge in [0, 0.05) is 11.3 Å². The van der Waals surface area contributed by atoms with Crippen molar-refractivity contribution >= 4 is 0 Å². The molecule has 164 valence electrons. The van der Waals surface area contributed by atoms with Gasteiger partial charge in [0.05, 0.1) is 28.9 Å². The van der Waals surface area contributed by atoms with E-state index < -0.39 is 17.2 Å². The standard InChI is InChI=1S/C22H19F3N6O/c1-11(2)21(17(9-26)19(27)32-20-18(21)12(3)30-31-20)15-6-14(13-4-5-28-29-10-13)7-16(8-15)22(23,24)25/h4-8,10-11H,27H2,1-3H3,(H,30,31). The molecule has 1 aliphatic rings. The average molecular weight is 440 g/mol. The highest BCUT2D eigenvalue weighted by Gasteiger charge is 2.51. The molecule has 3 heterocycles. The Balaban J connectivity index is 2.14. The maximum absolute atomic E-state index is 14.0. The Labute approximate surface area is 181 Å². The number of alkyl halides is 3. The van der Waals surface area contributed by atoms with Crippen LogP contribution in [0.1, 0.15) is 36.2 Å². The van der Waals surface area contributed by atoms with Crippen molar-refractivity contribution in [2.75, 3.05) is 0 Å². The Morgan fingerprint density at radius 3 is 2.53 bits per heavy atom. The molecule has 1 aliphatic heterocycles. The molecular formula is C22H19F3N6O. The number of nitrogens with two attached hydrogens (primary N) is 1. The van der Waals surface area contributed by atoms with E-state index in [2.05, 4.69) is 26.5 Å². The number of aryl methyl sites for hydroxylation is 1. The summed E-state index contributed by atoms with van der Waals surface area (Å²) in [5, 5.41) is 24.4. The zero-order valence-corrected chi connectivity index (χ0v) is 17.4. The van der Waals surface area contributed by atoms with E-state index in [0.717, 1.165) is 12.1 Å². The Bertz CT molecular complexity index is 1260. The molecule has 3 aromatic rings. The molecule has 0 radical (unpaired) electrons. The predicted octanol–water partition coefficient (Wildman–Crippen LogP) is 4.22. The first-order valence-corrected chi connectivity index (χ1v) is 9.74. The normalized spacial score (nSPS) is 18.3. The largest absolute Gasteiger partial charge is 0.420 e. The number of H-pyrrole nitrogens is 1. The lowest BCUT2D eigenvalue weighted by molar-refractivity contribution is -0.137. The Kier molecular flexibility index (Phi) is 4.92. The van der Waals surface area contributed by atoms with Crippen molar-refractivity contribution in [3.63, 3.8) is 0 Å². The fourth-order valence-corrected chi connectivity index (χ4v) is 4.41. The van der Waals surface area contributed by atoms with Crippen LogP contribution in [-0.2, 0) is 11.6 Å². The summed E-state index contributed by atoms with van der Waals surface area (Å²) in [4.78, 5) is 0. The summed E-state index contributed by atoms with van der Waals surface area (Å²) in [6.07, 6.45) is -1.83. The SMILES string of the molecule is Cc1[nH]nc2c1C(c1cc(-c3ccnnc3)cc(C(F)(F)F)c1)(C(C)C)C(C#N)=C(N)O2. The quantitative estimate of drug-likeness (QED) is 0.630. The third kappa shape index (κ3) is 3.09. The third-order valence-electron chi connectivity index (χ3n) is 5.77. The first-order valence-electron chi connectivity index (χ1n) is 9.74. The Hall–Kier alpha value is -3.87. The van der Waals surface area contributed by atoms with Gasteiger partial charge in [-0.25, -0.2) is 0 Å². The third-order valence-corrected chi connectivity index (χ3v) is 5.77. The molecule has 0 saturated heterocycles. The number of aromatic nitrogens is 4. The van der Waals surface area contributed by atoms with Crippen molar-refractivity contribution in [3.8, 4) is 23.1 Å². The highest BCUT2D eigenvalue weighted by molar-refractivity contribution is 5.69. The number of aromatic amines is 1. The van der Waals surface area contributed by atoms with Crippen LogP contribution in [0.4, 0.5) is 13.2 Å². The zero-order valence-electron chi connectivity index (χ0n) is 17.4. The van der Waals surface area contributed by atoms with Gasteiger partial charge >= 0.3 is 6.18 Å². The summed E-state index contributed by atoms with van der Waals surface area (Å²) in [6.45, 7) is 5.37. The summed E-state index contributed by atoms with van der Waals surface area (Å²) < 4.78 is 47.4. The maximum atomic E-state index is 14.0. The maximum Gasteiger partial charge on any atom is 0.416 e. The predicted molar refractivity (Wildman–Crippen MR) is 109 cm³/mol. The number of ether oxygens (including phenoxy) is 1. The van der Waals surface area contributed by atoms with Crippen LogP contribution in [0.5, 0.6) is 5.88 Å². The van der Waals surface area contributed by atoms with Crippen LogP contribution in [0.3, 0.4) is 0 Å². The second-order valence-electron chi connectivity index (χ2n) is 7.87. The summed E-state index contributed by atoms with van der Waals surface area (Å²) in [6, 6.07) is 7.39. The monoisotopic (exact) mass is 440 g/mol. The van der Waals surface area contributed by atoms with E-state index in [-0.39, 0.29) is 34.4 Å². The van der Waals surface area contributed by atoms with Crippen LogP contribution < -0.4 is 10.5 Å². The van der Waals surface area contributed by atoms with Crippen molar-refractivity contribution in [3.05, 3.63) is 70.5 Å². The molecular weight excluding hydrogens is 421 g/mol.